The Labute approximate surface area is 169 Å². The van der Waals surface area contributed by atoms with Crippen LogP contribution in [0.15, 0.2) is 29.6 Å². The average Bonchev–Trinajstić information content (AvgIpc) is 3.20. The number of nitrogens with zero attached hydrogens (tertiary/aromatic N) is 3. The summed E-state index contributed by atoms with van der Waals surface area (Å²) in [6, 6.07) is -2.09. The number of carbonyl (C=O) groups excluding carboxylic acids is 1. The molecule has 6 nitrogen and oxygen atoms in total. The van der Waals surface area contributed by atoms with Crippen LogP contribution < -0.4 is 11.1 Å². The highest BCUT2D eigenvalue weighted by Gasteiger charge is 2.47. The van der Waals surface area contributed by atoms with E-state index in [1.807, 2.05) is 6.92 Å². The molecule has 3 heterocycles. The van der Waals surface area contributed by atoms with E-state index >= 15 is 0 Å². The van der Waals surface area contributed by atoms with E-state index in [1.54, 1.807) is 29.2 Å². The first-order valence-electron chi connectivity index (χ1n) is 9.08. The molecular weight excluding hydrogens is 408 g/mol. The highest BCUT2D eigenvalue weighted by molar-refractivity contribution is 8.04. The van der Waals surface area contributed by atoms with Crippen molar-refractivity contribution in [2.45, 2.75) is 55.4 Å². The molecule has 10 heteroatoms. The van der Waals surface area contributed by atoms with Gasteiger partial charge < -0.3 is 11.1 Å². The molecule has 1 amide bonds. The van der Waals surface area contributed by atoms with Crippen molar-refractivity contribution in [2.24, 2.45) is 5.73 Å². The minimum absolute atomic E-state index is 0.0340. The molecule has 2 aromatic heterocycles. The maximum atomic E-state index is 14.2. The quantitative estimate of drug-likeness (QED) is 0.786. The Morgan fingerprint density at radius 1 is 1.46 bits per heavy atom. The number of aromatic nitrogens is 3. The first-order valence-corrected chi connectivity index (χ1v) is 10.3. The van der Waals surface area contributed by atoms with Crippen LogP contribution in [0, 0.1) is 0 Å². The third-order valence-corrected chi connectivity index (χ3v) is 6.74. The number of thioether (sulfide) groups is 1. The van der Waals surface area contributed by atoms with Crippen molar-refractivity contribution in [3.8, 4) is 0 Å². The number of nitrogens with two attached hydrogens (primary N) is 1. The normalized spacial score (nSPS) is 29.7. The Morgan fingerprint density at radius 3 is 3.00 bits per heavy atom. The first kappa shape index (κ1) is 19.6. The molecule has 1 aliphatic heterocycles. The fraction of sp³-hybridized carbons (Fsp3) is 0.500. The summed E-state index contributed by atoms with van der Waals surface area (Å²) in [7, 11) is 0. The van der Waals surface area contributed by atoms with E-state index in [4.69, 9.17) is 17.3 Å². The monoisotopic (exact) mass is 427 g/mol. The molecule has 0 saturated heterocycles. The fourth-order valence-corrected chi connectivity index (χ4v) is 5.13. The minimum atomic E-state index is -2.99. The first-order chi connectivity index (χ1) is 13.3. The number of hydrogen-bond acceptors (Lipinski definition) is 5. The van der Waals surface area contributed by atoms with Crippen molar-refractivity contribution < 1.29 is 13.6 Å². The fourth-order valence-electron chi connectivity index (χ4n) is 3.82. The SMILES string of the molecule is CC1SC(C(=O)N[C@@H]2[C@@H](N)CCCC2(F)F)=CC1c1cnn2cc(Cl)cnc12. The van der Waals surface area contributed by atoms with Gasteiger partial charge in [-0.1, -0.05) is 24.6 Å². The summed E-state index contributed by atoms with van der Waals surface area (Å²) in [6.07, 6.45) is 7.27. The molecule has 2 aliphatic rings. The van der Waals surface area contributed by atoms with Crippen LogP contribution in [0.3, 0.4) is 0 Å². The predicted molar refractivity (Wildman–Crippen MR) is 105 cm³/mol. The summed E-state index contributed by atoms with van der Waals surface area (Å²) < 4.78 is 30.0. The van der Waals surface area contributed by atoms with Crippen molar-refractivity contribution in [3.63, 3.8) is 0 Å². The molecule has 150 valence electrons. The van der Waals surface area contributed by atoms with Gasteiger partial charge in [0.1, 0.15) is 6.04 Å². The molecule has 1 saturated carbocycles. The molecule has 0 aromatic carbocycles. The maximum Gasteiger partial charge on any atom is 0.269 e. The smallest absolute Gasteiger partial charge is 0.269 e. The van der Waals surface area contributed by atoms with E-state index in [2.05, 4.69) is 15.4 Å². The summed E-state index contributed by atoms with van der Waals surface area (Å²) in [6.45, 7) is 1.98. The summed E-state index contributed by atoms with van der Waals surface area (Å²) in [4.78, 5) is 17.4. The topological polar surface area (TPSA) is 85.3 Å². The van der Waals surface area contributed by atoms with Crippen molar-refractivity contribution in [3.05, 3.63) is 40.2 Å². The summed E-state index contributed by atoms with van der Waals surface area (Å²) in [5.41, 5.74) is 7.37. The second-order valence-corrected chi connectivity index (χ2v) is 9.14. The number of halogens is 3. The van der Waals surface area contributed by atoms with Gasteiger partial charge in [0.25, 0.3) is 11.8 Å². The van der Waals surface area contributed by atoms with Gasteiger partial charge in [0.05, 0.1) is 22.3 Å². The van der Waals surface area contributed by atoms with E-state index in [9.17, 15) is 13.6 Å². The van der Waals surface area contributed by atoms with Gasteiger partial charge in [-0.25, -0.2) is 18.3 Å². The Morgan fingerprint density at radius 2 is 2.25 bits per heavy atom. The zero-order chi connectivity index (χ0) is 20.1. The molecule has 4 rings (SSSR count). The van der Waals surface area contributed by atoms with E-state index < -0.39 is 23.9 Å². The summed E-state index contributed by atoms with van der Waals surface area (Å²) >= 11 is 7.30. The van der Waals surface area contributed by atoms with Gasteiger partial charge in [0.2, 0.25) is 0 Å². The van der Waals surface area contributed by atoms with Crippen LogP contribution in [0.25, 0.3) is 5.65 Å². The minimum Gasteiger partial charge on any atom is -0.341 e. The van der Waals surface area contributed by atoms with Crippen LogP contribution in [-0.2, 0) is 4.79 Å². The van der Waals surface area contributed by atoms with E-state index in [-0.39, 0.29) is 17.6 Å². The average molecular weight is 428 g/mol. The van der Waals surface area contributed by atoms with Crippen molar-refractivity contribution >= 4 is 34.9 Å². The Hall–Kier alpha value is -1.71. The highest BCUT2D eigenvalue weighted by atomic mass is 35.5. The second kappa shape index (κ2) is 7.27. The van der Waals surface area contributed by atoms with Gasteiger partial charge >= 0.3 is 0 Å². The number of carbonyl (C=O) groups is 1. The molecule has 2 unspecified atom stereocenters. The number of hydrogen-bond donors (Lipinski definition) is 2. The van der Waals surface area contributed by atoms with Gasteiger partial charge in [-0.05, 0) is 12.8 Å². The lowest BCUT2D eigenvalue weighted by molar-refractivity contribution is -0.124. The largest absolute Gasteiger partial charge is 0.341 e. The number of alkyl halides is 2. The number of allylic oxidation sites excluding steroid dienone is 1. The Kier molecular flexibility index (Phi) is 5.09. The van der Waals surface area contributed by atoms with Gasteiger partial charge in [-0.15, -0.1) is 11.8 Å². The van der Waals surface area contributed by atoms with E-state index in [0.717, 1.165) is 5.56 Å². The third-order valence-electron chi connectivity index (χ3n) is 5.30. The van der Waals surface area contributed by atoms with Crippen LogP contribution in [0.2, 0.25) is 5.02 Å². The zero-order valence-corrected chi connectivity index (χ0v) is 16.7. The Bertz CT molecular complexity index is 949. The maximum absolute atomic E-state index is 14.2. The van der Waals surface area contributed by atoms with Crippen molar-refractivity contribution in [2.75, 3.05) is 0 Å². The van der Waals surface area contributed by atoms with Crippen LogP contribution in [0.1, 0.15) is 37.7 Å². The molecule has 28 heavy (non-hydrogen) atoms. The van der Waals surface area contributed by atoms with Crippen LogP contribution in [0.4, 0.5) is 8.78 Å². The highest BCUT2D eigenvalue weighted by Crippen LogP contribution is 2.43. The number of fused-ring (bicyclic) bond motifs is 1. The van der Waals surface area contributed by atoms with Crippen LogP contribution in [-0.4, -0.2) is 43.8 Å². The van der Waals surface area contributed by atoms with Gasteiger partial charge in [0.15, 0.2) is 5.65 Å². The molecule has 2 aromatic rings. The van der Waals surface area contributed by atoms with Crippen LogP contribution >= 0.6 is 23.4 Å². The van der Waals surface area contributed by atoms with Crippen molar-refractivity contribution in [1.29, 1.82) is 0 Å². The summed E-state index contributed by atoms with van der Waals surface area (Å²) in [5.74, 6) is -3.61. The number of amides is 1. The predicted octanol–water partition coefficient (Wildman–Crippen LogP) is 3.12. The lowest BCUT2D eigenvalue weighted by atomic mass is 9.87. The van der Waals surface area contributed by atoms with Crippen LogP contribution in [0.5, 0.6) is 0 Å². The molecule has 0 radical (unpaired) electrons. The van der Waals surface area contributed by atoms with Gasteiger partial charge in [0, 0.05) is 35.4 Å². The number of rotatable bonds is 3. The van der Waals surface area contributed by atoms with Crippen molar-refractivity contribution in [1.82, 2.24) is 19.9 Å². The second-order valence-electron chi connectivity index (χ2n) is 7.29. The molecule has 1 fully saturated rings. The van der Waals surface area contributed by atoms with Gasteiger partial charge in [-0.2, -0.15) is 5.10 Å². The molecule has 4 atom stereocenters. The molecule has 0 bridgehead atoms. The standard InChI is InChI=1S/C18H20ClF2N5OS/c1-9-11(12-7-24-26-8-10(19)6-23-16(12)26)5-14(28-9)17(27)25-15-13(22)3-2-4-18(15,20)21/h5-9,11,13,15H,2-4,22H2,1H3,(H,25,27)/t9?,11?,13-,15+/m0/s1. The molecule has 3 N–H and O–H groups in total. The Balaban J connectivity index is 1.56. The summed E-state index contributed by atoms with van der Waals surface area (Å²) in [5, 5.41) is 7.24. The number of nitrogens with one attached hydrogen (secondary N) is 1. The lowest BCUT2D eigenvalue weighted by Crippen LogP contribution is -2.59. The van der Waals surface area contributed by atoms with E-state index in [0.29, 0.717) is 28.4 Å². The molecule has 1 aliphatic carbocycles. The lowest BCUT2D eigenvalue weighted by Gasteiger charge is -2.36. The van der Waals surface area contributed by atoms with E-state index in [1.165, 1.54) is 11.8 Å². The molecular formula is C18H20ClF2N5OS. The third kappa shape index (κ3) is 3.51. The zero-order valence-electron chi connectivity index (χ0n) is 15.1. The van der Waals surface area contributed by atoms with Gasteiger partial charge in [-0.3, -0.25) is 4.79 Å². The molecule has 0 spiro atoms.